The second-order valence-electron chi connectivity index (χ2n) is 4.45. The Labute approximate surface area is 129 Å². The first kappa shape index (κ1) is 15.6. The maximum Gasteiger partial charge on any atom is 0.269 e. The molecule has 0 bridgehead atoms. The minimum atomic E-state index is -0.608. The van der Waals surface area contributed by atoms with E-state index in [9.17, 15) is 24.8 Å². The van der Waals surface area contributed by atoms with Gasteiger partial charge in [0.05, 0.1) is 14.7 Å². The van der Waals surface area contributed by atoms with E-state index in [-0.39, 0.29) is 29.3 Å². The molecule has 1 aromatic carbocycles. The number of nitro groups is 1. The molecular weight excluding hydrogens is 308 g/mol. The van der Waals surface area contributed by atoms with E-state index in [0.29, 0.717) is 9.75 Å². The van der Waals surface area contributed by atoms with Crippen molar-refractivity contribution in [3.8, 4) is 5.75 Å². The van der Waals surface area contributed by atoms with Gasteiger partial charge in [0, 0.05) is 18.7 Å². The van der Waals surface area contributed by atoms with Crippen LogP contribution >= 0.6 is 11.3 Å². The number of benzene rings is 1. The van der Waals surface area contributed by atoms with E-state index in [2.05, 4.69) is 5.32 Å². The minimum Gasteiger partial charge on any atom is -0.872 e. The number of ketones is 1. The number of nitro benzene ring substituents is 1. The molecule has 2 aromatic rings. The number of rotatable bonds is 5. The van der Waals surface area contributed by atoms with Crippen LogP contribution in [0, 0.1) is 10.1 Å². The monoisotopic (exact) mass is 319 g/mol. The number of carbonyl (C=O) groups is 2. The minimum absolute atomic E-state index is 0.118. The van der Waals surface area contributed by atoms with E-state index in [4.69, 9.17) is 0 Å². The molecule has 0 aliphatic rings. The molecule has 0 aliphatic heterocycles. The van der Waals surface area contributed by atoms with Gasteiger partial charge in [0.25, 0.3) is 11.6 Å². The third kappa shape index (κ3) is 3.47. The third-order valence-electron chi connectivity index (χ3n) is 2.87. The van der Waals surface area contributed by atoms with E-state index in [1.165, 1.54) is 13.0 Å². The Hall–Kier alpha value is -2.74. The first-order chi connectivity index (χ1) is 10.4. The molecule has 114 valence electrons. The van der Waals surface area contributed by atoms with Crippen molar-refractivity contribution in [1.82, 2.24) is 5.32 Å². The van der Waals surface area contributed by atoms with Gasteiger partial charge in [0.15, 0.2) is 5.78 Å². The van der Waals surface area contributed by atoms with Gasteiger partial charge in [-0.25, -0.2) is 0 Å². The van der Waals surface area contributed by atoms with Crippen molar-refractivity contribution in [2.75, 3.05) is 0 Å². The maximum atomic E-state index is 11.9. The van der Waals surface area contributed by atoms with Crippen LogP contribution < -0.4 is 10.4 Å². The summed E-state index contributed by atoms with van der Waals surface area (Å²) in [4.78, 5) is 34.0. The van der Waals surface area contributed by atoms with Gasteiger partial charge in [-0.2, -0.15) is 0 Å². The molecule has 0 atom stereocenters. The van der Waals surface area contributed by atoms with Crippen LogP contribution in [0.3, 0.4) is 0 Å². The van der Waals surface area contributed by atoms with Gasteiger partial charge < -0.3 is 10.4 Å². The van der Waals surface area contributed by atoms with Crippen LogP contribution in [0.1, 0.15) is 31.8 Å². The van der Waals surface area contributed by atoms with Gasteiger partial charge in [-0.15, -0.1) is 17.1 Å². The zero-order valence-corrected chi connectivity index (χ0v) is 12.3. The Balaban J connectivity index is 2.08. The van der Waals surface area contributed by atoms with Gasteiger partial charge in [0.2, 0.25) is 0 Å². The quantitative estimate of drug-likeness (QED) is 0.513. The normalized spacial score (nSPS) is 10.2. The number of hydrogen-bond acceptors (Lipinski definition) is 6. The Morgan fingerprint density at radius 1 is 1.23 bits per heavy atom. The SMILES string of the molecule is CC(=O)c1ccc(C(=O)NCc2cc([N+](=O)[O-])ccc2[O-])s1. The number of carbonyl (C=O) groups excluding carboxylic acids is 2. The fraction of sp³-hybridized carbons (Fsp3) is 0.143. The van der Waals surface area contributed by atoms with Crippen LogP contribution in [0.25, 0.3) is 0 Å². The summed E-state index contributed by atoms with van der Waals surface area (Å²) in [7, 11) is 0. The molecule has 7 nitrogen and oxygen atoms in total. The molecule has 0 fully saturated rings. The van der Waals surface area contributed by atoms with Crippen molar-refractivity contribution < 1.29 is 19.6 Å². The van der Waals surface area contributed by atoms with Crippen LogP contribution in [0.2, 0.25) is 0 Å². The zero-order valence-electron chi connectivity index (χ0n) is 11.5. The lowest BCUT2D eigenvalue weighted by atomic mass is 10.1. The second kappa shape index (κ2) is 6.35. The number of nitrogens with one attached hydrogen (secondary N) is 1. The molecule has 0 saturated heterocycles. The molecule has 1 amide bonds. The predicted molar refractivity (Wildman–Crippen MR) is 78.0 cm³/mol. The van der Waals surface area contributed by atoms with Crippen LogP contribution in [0.15, 0.2) is 30.3 Å². The fourth-order valence-corrected chi connectivity index (χ4v) is 2.55. The number of amides is 1. The first-order valence-electron chi connectivity index (χ1n) is 6.22. The van der Waals surface area contributed by atoms with Crippen molar-refractivity contribution in [2.24, 2.45) is 0 Å². The Morgan fingerprint density at radius 3 is 2.50 bits per heavy atom. The summed E-state index contributed by atoms with van der Waals surface area (Å²) in [5.74, 6) is -0.963. The molecule has 0 radical (unpaired) electrons. The van der Waals surface area contributed by atoms with Crippen molar-refractivity contribution in [2.45, 2.75) is 13.5 Å². The van der Waals surface area contributed by atoms with Crippen LogP contribution in [0.5, 0.6) is 5.75 Å². The average Bonchev–Trinajstić information content (AvgIpc) is 2.96. The van der Waals surface area contributed by atoms with Gasteiger partial charge in [-0.05, 0) is 24.6 Å². The summed E-state index contributed by atoms with van der Waals surface area (Å²) in [5.41, 5.74) is -0.0789. The third-order valence-corrected chi connectivity index (χ3v) is 4.06. The predicted octanol–water partition coefficient (Wildman–Crippen LogP) is 1.86. The Kier molecular flexibility index (Phi) is 4.52. The van der Waals surface area contributed by atoms with E-state index >= 15 is 0 Å². The van der Waals surface area contributed by atoms with Gasteiger partial charge >= 0.3 is 0 Å². The summed E-state index contributed by atoms with van der Waals surface area (Å²) < 4.78 is 0. The molecule has 8 heteroatoms. The fourth-order valence-electron chi connectivity index (χ4n) is 1.73. The molecule has 22 heavy (non-hydrogen) atoms. The van der Waals surface area contributed by atoms with Crippen molar-refractivity contribution >= 4 is 28.7 Å². The highest BCUT2D eigenvalue weighted by Gasteiger charge is 2.12. The highest BCUT2D eigenvalue weighted by atomic mass is 32.1. The highest BCUT2D eigenvalue weighted by Crippen LogP contribution is 2.21. The average molecular weight is 319 g/mol. The van der Waals surface area contributed by atoms with Crippen molar-refractivity contribution in [3.63, 3.8) is 0 Å². The van der Waals surface area contributed by atoms with Crippen LogP contribution in [-0.2, 0) is 6.54 Å². The van der Waals surface area contributed by atoms with Crippen LogP contribution in [-0.4, -0.2) is 16.6 Å². The zero-order chi connectivity index (χ0) is 16.3. The van der Waals surface area contributed by atoms with Gasteiger partial charge in [-0.3, -0.25) is 19.7 Å². The maximum absolute atomic E-state index is 11.9. The highest BCUT2D eigenvalue weighted by molar-refractivity contribution is 7.15. The summed E-state index contributed by atoms with van der Waals surface area (Å²) in [5, 5.41) is 24.8. The molecule has 1 aromatic heterocycles. The molecule has 0 unspecified atom stereocenters. The lowest BCUT2D eigenvalue weighted by Gasteiger charge is -2.13. The summed E-state index contributed by atoms with van der Waals surface area (Å²) in [6.45, 7) is 1.28. The summed E-state index contributed by atoms with van der Waals surface area (Å²) in [6, 6.07) is 6.42. The van der Waals surface area contributed by atoms with Crippen LogP contribution in [0.4, 0.5) is 5.69 Å². The largest absolute Gasteiger partial charge is 0.872 e. The number of hydrogen-bond donors (Lipinski definition) is 1. The smallest absolute Gasteiger partial charge is 0.269 e. The van der Waals surface area contributed by atoms with Crippen molar-refractivity contribution in [3.05, 3.63) is 55.8 Å². The van der Waals surface area contributed by atoms with E-state index in [1.807, 2.05) is 0 Å². The number of nitrogens with zero attached hydrogens (tertiary/aromatic N) is 1. The van der Waals surface area contributed by atoms with E-state index in [1.54, 1.807) is 6.07 Å². The molecule has 2 rings (SSSR count). The van der Waals surface area contributed by atoms with Gasteiger partial charge in [0.1, 0.15) is 0 Å². The topological polar surface area (TPSA) is 112 Å². The van der Waals surface area contributed by atoms with E-state index in [0.717, 1.165) is 29.5 Å². The number of Topliss-reactive ketones (excluding diaryl/α,β-unsaturated/α-hetero) is 1. The summed E-state index contributed by atoms with van der Waals surface area (Å²) >= 11 is 1.05. The summed E-state index contributed by atoms with van der Waals surface area (Å²) in [6.07, 6.45) is 0. The molecule has 1 N–H and O–H groups in total. The lowest BCUT2D eigenvalue weighted by molar-refractivity contribution is -0.385. The standard InChI is InChI=1S/C14H12N2O5S/c1-8(17)12-4-5-13(22-12)14(19)15-7-9-6-10(16(20)21)2-3-11(9)18/h2-6,18H,7H2,1H3,(H,15,19)/p-1. The van der Waals surface area contributed by atoms with Gasteiger partial charge in [-0.1, -0.05) is 6.07 Å². The van der Waals surface area contributed by atoms with Crippen molar-refractivity contribution in [1.29, 1.82) is 0 Å². The Morgan fingerprint density at radius 2 is 1.91 bits per heavy atom. The molecule has 0 saturated carbocycles. The number of thiophene rings is 1. The molecular formula is C14H11N2O5S-. The second-order valence-corrected chi connectivity index (χ2v) is 5.54. The first-order valence-corrected chi connectivity index (χ1v) is 7.03. The molecule has 0 spiro atoms. The number of non-ortho nitro benzene ring substituents is 1. The van der Waals surface area contributed by atoms with E-state index < -0.39 is 10.8 Å². The lowest BCUT2D eigenvalue weighted by Crippen LogP contribution is -2.22. The Bertz CT molecular complexity index is 753. The molecule has 0 aliphatic carbocycles. The molecule has 1 heterocycles.